The van der Waals surface area contributed by atoms with Crippen LogP contribution in [0.1, 0.15) is 35.1 Å². The standard InChI is InChI=1S/C19H14F3N3O2/c20-13-6-3-11(4-7-13)17-23-18(27-24-17)16-2-1-9-25(16)19(26)12-5-8-14(21)15(22)10-12/h3-8,10,16H,1-2,9H2/t16-/m1/s1. The summed E-state index contributed by atoms with van der Waals surface area (Å²) in [5, 5.41) is 3.90. The molecule has 1 fully saturated rings. The lowest BCUT2D eigenvalue weighted by Crippen LogP contribution is -2.30. The fourth-order valence-corrected chi connectivity index (χ4v) is 3.15. The highest BCUT2D eigenvalue weighted by molar-refractivity contribution is 5.94. The Hall–Kier alpha value is -3.16. The van der Waals surface area contributed by atoms with Gasteiger partial charge in [0.1, 0.15) is 11.9 Å². The minimum atomic E-state index is -1.08. The topological polar surface area (TPSA) is 59.2 Å². The lowest BCUT2D eigenvalue weighted by molar-refractivity contribution is 0.0709. The molecule has 2 aromatic carbocycles. The lowest BCUT2D eigenvalue weighted by atomic mass is 10.1. The van der Waals surface area contributed by atoms with Gasteiger partial charge in [0, 0.05) is 17.7 Å². The van der Waals surface area contributed by atoms with E-state index in [9.17, 15) is 18.0 Å². The van der Waals surface area contributed by atoms with Crippen LogP contribution >= 0.6 is 0 Å². The SMILES string of the molecule is O=C(c1ccc(F)c(F)c1)N1CCC[C@@H]1c1nc(-c2ccc(F)cc2)no1. The van der Waals surface area contributed by atoms with Gasteiger partial charge in [-0.15, -0.1) is 0 Å². The van der Waals surface area contributed by atoms with Gasteiger partial charge in [0.2, 0.25) is 11.7 Å². The fraction of sp³-hybridized carbons (Fsp3) is 0.211. The third-order valence-electron chi connectivity index (χ3n) is 4.51. The summed E-state index contributed by atoms with van der Waals surface area (Å²) < 4.78 is 44.9. The summed E-state index contributed by atoms with van der Waals surface area (Å²) in [4.78, 5) is 18.5. The van der Waals surface area contributed by atoms with Gasteiger partial charge >= 0.3 is 0 Å². The summed E-state index contributed by atoms with van der Waals surface area (Å²) in [5.41, 5.74) is 0.641. The van der Waals surface area contributed by atoms with E-state index >= 15 is 0 Å². The number of nitrogens with zero attached hydrogens (tertiary/aromatic N) is 3. The molecule has 2 heterocycles. The first-order chi connectivity index (χ1) is 13.0. The van der Waals surface area contributed by atoms with Gasteiger partial charge in [0.25, 0.3) is 5.91 Å². The van der Waals surface area contributed by atoms with Crippen molar-refractivity contribution in [1.82, 2.24) is 15.0 Å². The van der Waals surface area contributed by atoms with E-state index < -0.39 is 23.6 Å². The van der Waals surface area contributed by atoms with Gasteiger partial charge in [-0.25, -0.2) is 13.2 Å². The van der Waals surface area contributed by atoms with Gasteiger partial charge in [-0.1, -0.05) is 5.16 Å². The molecule has 1 amide bonds. The second kappa shape index (κ2) is 6.86. The molecule has 0 spiro atoms. The van der Waals surface area contributed by atoms with Crippen molar-refractivity contribution in [2.24, 2.45) is 0 Å². The number of hydrogen-bond acceptors (Lipinski definition) is 4. The minimum absolute atomic E-state index is 0.0547. The van der Waals surface area contributed by atoms with Crippen LogP contribution in [0.3, 0.4) is 0 Å². The van der Waals surface area contributed by atoms with E-state index in [1.54, 1.807) is 0 Å². The quantitative estimate of drug-likeness (QED) is 0.693. The van der Waals surface area contributed by atoms with E-state index in [2.05, 4.69) is 10.1 Å². The highest BCUT2D eigenvalue weighted by Crippen LogP contribution is 2.33. The number of carbonyl (C=O) groups excluding carboxylic acids is 1. The summed E-state index contributed by atoms with van der Waals surface area (Å²) in [6.45, 7) is 0.441. The minimum Gasteiger partial charge on any atom is -0.337 e. The molecule has 0 bridgehead atoms. The Kier molecular flexibility index (Phi) is 4.39. The molecule has 1 saturated heterocycles. The molecule has 0 saturated carbocycles. The van der Waals surface area contributed by atoms with Gasteiger partial charge in [-0.3, -0.25) is 4.79 Å². The maximum atomic E-state index is 13.5. The van der Waals surface area contributed by atoms with Gasteiger partial charge in [0.15, 0.2) is 11.6 Å². The zero-order chi connectivity index (χ0) is 19.0. The van der Waals surface area contributed by atoms with Crippen LogP contribution in [0.25, 0.3) is 11.4 Å². The van der Waals surface area contributed by atoms with E-state index in [1.165, 1.54) is 35.2 Å². The normalized spacial score (nSPS) is 16.7. The fourth-order valence-electron chi connectivity index (χ4n) is 3.15. The monoisotopic (exact) mass is 373 g/mol. The summed E-state index contributed by atoms with van der Waals surface area (Å²) >= 11 is 0. The van der Waals surface area contributed by atoms with Crippen molar-refractivity contribution in [2.75, 3.05) is 6.54 Å². The van der Waals surface area contributed by atoms with Gasteiger partial charge in [-0.2, -0.15) is 4.98 Å². The average Bonchev–Trinajstić information content (AvgIpc) is 3.33. The molecule has 1 atom stereocenters. The van der Waals surface area contributed by atoms with Crippen LogP contribution < -0.4 is 0 Å². The molecule has 1 aliphatic heterocycles. The molecular weight excluding hydrogens is 359 g/mol. The van der Waals surface area contributed by atoms with E-state index in [1.807, 2.05) is 0 Å². The summed E-state index contributed by atoms with van der Waals surface area (Å²) in [5.74, 6) is -2.35. The van der Waals surface area contributed by atoms with Gasteiger partial charge in [-0.05, 0) is 55.3 Å². The molecule has 4 rings (SSSR count). The van der Waals surface area contributed by atoms with E-state index in [4.69, 9.17) is 4.52 Å². The first-order valence-electron chi connectivity index (χ1n) is 8.38. The smallest absolute Gasteiger partial charge is 0.254 e. The second-order valence-corrected chi connectivity index (χ2v) is 6.25. The Labute approximate surface area is 152 Å². The number of carbonyl (C=O) groups is 1. The number of likely N-dealkylation sites (tertiary alicyclic amines) is 1. The zero-order valence-electron chi connectivity index (χ0n) is 14.0. The number of aromatic nitrogens is 2. The first kappa shape index (κ1) is 17.3. The zero-order valence-corrected chi connectivity index (χ0v) is 14.0. The largest absolute Gasteiger partial charge is 0.337 e. The van der Waals surface area contributed by atoms with Crippen LogP contribution in [0.15, 0.2) is 47.0 Å². The Morgan fingerprint density at radius 2 is 1.85 bits per heavy atom. The third-order valence-corrected chi connectivity index (χ3v) is 4.51. The van der Waals surface area contributed by atoms with Crippen molar-refractivity contribution in [3.05, 3.63) is 71.4 Å². The Balaban J connectivity index is 1.59. The highest BCUT2D eigenvalue weighted by atomic mass is 19.2. The number of hydrogen-bond donors (Lipinski definition) is 0. The van der Waals surface area contributed by atoms with Crippen molar-refractivity contribution in [3.63, 3.8) is 0 Å². The van der Waals surface area contributed by atoms with Crippen molar-refractivity contribution < 1.29 is 22.5 Å². The maximum Gasteiger partial charge on any atom is 0.254 e. The van der Waals surface area contributed by atoms with Gasteiger partial charge < -0.3 is 9.42 Å². The van der Waals surface area contributed by atoms with Crippen molar-refractivity contribution >= 4 is 5.91 Å². The molecule has 138 valence electrons. The molecular formula is C19H14F3N3O2. The molecule has 0 N–H and O–H groups in total. The van der Waals surface area contributed by atoms with E-state index in [-0.39, 0.29) is 23.1 Å². The second-order valence-electron chi connectivity index (χ2n) is 6.25. The molecule has 0 aliphatic carbocycles. The van der Waals surface area contributed by atoms with Crippen LogP contribution in [0.2, 0.25) is 0 Å². The number of benzene rings is 2. The Morgan fingerprint density at radius 1 is 1.07 bits per heavy atom. The van der Waals surface area contributed by atoms with Crippen LogP contribution in [-0.2, 0) is 0 Å². The highest BCUT2D eigenvalue weighted by Gasteiger charge is 2.34. The molecule has 5 nitrogen and oxygen atoms in total. The predicted octanol–water partition coefficient (Wildman–Crippen LogP) is 4.13. The number of amides is 1. The van der Waals surface area contributed by atoms with E-state index in [0.29, 0.717) is 24.9 Å². The average molecular weight is 373 g/mol. The Bertz CT molecular complexity index is 988. The maximum absolute atomic E-state index is 13.5. The Morgan fingerprint density at radius 3 is 2.59 bits per heavy atom. The van der Waals surface area contributed by atoms with Crippen LogP contribution in [0.4, 0.5) is 13.2 Å². The summed E-state index contributed by atoms with van der Waals surface area (Å²) in [6.07, 6.45) is 1.33. The van der Waals surface area contributed by atoms with Crippen LogP contribution in [-0.4, -0.2) is 27.5 Å². The van der Waals surface area contributed by atoms with Crippen molar-refractivity contribution in [1.29, 1.82) is 0 Å². The number of halogens is 3. The molecule has 3 aromatic rings. The third kappa shape index (κ3) is 3.30. The lowest BCUT2D eigenvalue weighted by Gasteiger charge is -2.21. The van der Waals surface area contributed by atoms with Crippen molar-refractivity contribution in [2.45, 2.75) is 18.9 Å². The summed E-state index contributed by atoms with van der Waals surface area (Å²) in [6, 6.07) is 8.24. The predicted molar refractivity (Wildman–Crippen MR) is 89.1 cm³/mol. The van der Waals surface area contributed by atoms with Crippen LogP contribution in [0.5, 0.6) is 0 Å². The first-order valence-corrected chi connectivity index (χ1v) is 8.38. The molecule has 0 unspecified atom stereocenters. The van der Waals surface area contributed by atoms with E-state index in [0.717, 1.165) is 12.1 Å². The summed E-state index contributed by atoms with van der Waals surface area (Å²) in [7, 11) is 0. The molecule has 0 radical (unpaired) electrons. The molecule has 1 aromatic heterocycles. The van der Waals surface area contributed by atoms with Crippen LogP contribution in [0, 0.1) is 17.5 Å². The molecule has 1 aliphatic rings. The molecule has 27 heavy (non-hydrogen) atoms. The van der Waals surface area contributed by atoms with Crippen molar-refractivity contribution in [3.8, 4) is 11.4 Å². The molecule has 8 heteroatoms. The number of rotatable bonds is 3. The van der Waals surface area contributed by atoms with Gasteiger partial charge in [0.05, 0.1) is 0 Å².